The largest absolute Gasteiger partial charge is 0.299 e. The van der Waals surface area contributed by atoms with E-state index in [4.69, 9.17) is 0 Å². The lowest BCUT2D eigenvalue weighted by Gasteiger charge is -2.45. The molecule has 1 fully saturated rings. The Bertz CT molecular complexity index is 992. The Morgan fingerprint density at radius 1 is 1.07 bits per heavy atom. The summed E-state index contributed by atoms with van der Waals surface area (Å²) in [6, 6.07) is 19.9. The molecular formula is C25H34N4Si. The lowest BCUT2D eigenvalue weighted by molar-refractivity contribution is 0.105. The van der Waals surface area contributed by atoms with Crippen molar-refractivity contribution in [1.29, 1.82) is 0 Å². The fourth-order valence-corrected chi connectivity index (χ4v) is 6.00. The Kier molecular flexibility index (Phi) is 5.69. The van der Waals surface area contributed by atoms with E-state index in [1.807, 2.05) is 0 Å². The highest BCUT2D eigenvalue weighted by molar-refractivity contribution is 6.89. The number of nitrogens with one attached hydrogen (secondary N) is 1. The predicted octanol–water partition coefficient (Wildman–Crippen LogP) is 4.82. The molecule has 4 rings (SSSR count). The average Bonchev–Trinajstić information content (AvgIpc) is 3.22. The van der Waals surface area contributed by atoms with Crippen LogP contribution in [0.25, 0.3) is 11.3 Å². The van der Waals surface area contributed by atoms with Crippen LogP contribution < -0.4 is 5.32 Å². The molecule has 0 spiro atoms. The van der Waals surface area contributed by atoms with E-state index in [0.29, 0.717) is 5.92 Å². The van der Waals surface area contributed by atoms with Gasteiger partial charge >= 0.3 is 0 Å². The van der Waals surface area contributed by atoms with E-state index in [0.717, 1.165) is 30.6 Å². The van der Waals surface area contributed by atoms with Gasteiger partial charge in [0.15, 0.2) is 0 Å². The van der Waals surface area contributed by atoms with Crippen molar-refractivity contribution in [2.24, 2.45) is 5.92 Å². The summed E-state index contributed by atoms with van der Waals surface area (Å²) in [5.74, 6) is 0.582. The highest BCUT2D eigenvalue weighted by atomic mass is 28.3. The van der Waals surface area contributed by atoms with Gasteiger partial charge in [0.05, 0.1) is 5.32 Å². The van der Waals surface area contributed by atoms with Crippen LogP contribution in [-0.2, 0) is 12.0 Å². The van der Waals surface area contributed by atoms with Crippen LogP contribution in [0.15, 0.2) is 54.6 Å². The molecule has 30 heavy (non-hydrogen) atoms. The van der Waals surface area contributed by atoms with Crippen molar-refractivity contribution in [3.63, 3.8) is 0 Å². The maximum atomic E-state index is 4.53. The van der Waals surface area contributed by atoms with Crippen molar-refractivity contribution in [2.45, 2.75) is 51.9 Å². The number of aromatic nitrogens is 3. The summed E-state index contributed by atoms with van der Waals surface area (Å²) in [6.07, 6.45) is 1.17. The monoisotopic (exact) mass is 418 g/mol. The van der Waals surface area contributed by atoms with E-state index in [9.17, 15) is 0 Å². The minimum Gasteiger partial charge on any atom is -0.299 e. The molecule has 0 aliphatic carbocycles. The zero-order valence-electron chi connectivity index (χ0n) is 18.9. The fraction of sp³-hybridized carbons (Fsp3) is 0.440. The van der Waals surface area contributed by atoms with Crippen molar-refractivity contribution >= 4 is 13.4 Å². The maximum Gasteiger partial charge on any atom is 0.111 e. The highest BCUT2D eigenvalue weighted by Gasteiger charge is 2.38. The number of piperidine rings is 1. The van der Waals surface area contributed by atoms with Gasteiger partial charge in [-0.25, -0.2) is 0 Å². The van der Waals surface area contributed by atoms with E-state index in [1.165, 1.54) is 23.1 Å². The van der Waals surface area contributed by atoms with Crippen LogP contribution in [0.1, 0.15) is 31.4 Å². The van der Waals surface area contributed by atoms with Crippen LogP contribution >= 0.6 is 0 Å². The van der Waals surface area contributed by atoms with Gasteiger partial charge in [0.1, 0.15) is 13.8 Å². The smallest absolute Gasteiger partial charge is 0.111 e. The van der Waals surface area contributed by atoms with Gasteiger partial charge in [0, 0.05) is 18.7 Å². The fourth-order valence-electron chi connectivity index (χ4n) is 4.71. The first-order valence-corrected chi connectivity index (χ1v) is 14.6. The molecule has 1 saturated heterocycles. The van der Waals surface area contributed by atoms with Crippen LogP contribution in [-0.4, -0.2) is 41.5 Å². The van der Waals surface area contributed by atoms with Gasteiger partial charge < -0.3 is 0 Å². The Morgan fingerprint density at radius 3 is 2.53 bits per heavy atom. The van der Waals surface area contributed by atoms with E-state index in [-0.39, 0.29) is 5.41 Å². The van der Waals surface area contributed by atoms with Crippen LogP contribution in [0.5, 0.6) is 0 Å². The van der Waals surface area contributed by atoms with Crippen LogP contribution in [0.3, 0.4) is 0 Å². The first-order valence-electron chi connectivity index (χ1n) is 11.1. The lowest BCUT2D eigenvalue weighted by atomic mass is 9.67. The van der Waals surface area contributed by atoms with Gasteiger partial charge in [-0.05, 0) is 41.5 Å². The number of nitrogens with zero attached hydrogens (tertiary/aromatic N) is 3. The summed E-state index contributed by atoms with van der Waals surface area (Å²) in [4.78, 5) is 2.60. The number of likely N-dealkylation sites (tertiary alicyclic amines) is 1. The van der Waals surface area contributed by atoms with Crippen molar-refractivity contribution in [2.75, 3.05) is 13.1 Å². The van der Waals surface area contributed by atoms with Crippen LogP contribution in [0, 0.1) is 5.92 Å². The molecular weight excluding hydrogens is 384 g/mol. The molecule has 2 heterocycles. The molecule has 0 saturated carbocycles. The summed E-state index contributed by atoms with van der Waals surface area (Å²) in [6.45, 7) is 15.1. The Morgan fingerprint density at radius 2 is 1.83 bits per heavy atom. The summed E-state index contributed by atoms with van der Waals surface area (Å²) >= 11 is 0. The number of aromatic amines is 1. The van der Waals surface area contributed by atoms with E-state index in [1.54, 1.807) is 0 Å². The first kappa shape index (κ1) is 21.0. The van der Waals surface area contributed by atoms with Crippen molar-refractivity contribution in [3.8, 4) is 11.3 Å². The molecule has 4 nitrogen and oxygen atoms in total. The quantitative estimate of drug-likeness (QED) is 0.604. The molecule has 3 aromatic rings. The SMILES string of the molecule is CC1CN(Cc2ccccc2)CCC1(C)c1cccc(-c2n[nH]nc2[Si](C)(C)C)c1. The Hall–Kier alpha value is -2.24. The highest BCUT2D eigenvalue weighted by Crippen LogP contribution is 2.40. The number of benzene rings is 2. The summed E-state index contributed by atoms with van der Waals surface area (Å²) in [5.41, 5.74) is 5.23. The van der Waals surface area contributed by atoms with Crippen molar-refractivity contribution < 1.29 is 0 Å². The molecule has 1 aliphatic heterocycles. The third-order valence-corrected chi connectivity index (χ3v) is 8.64. The van der Waals surface area contributed by atoms with Gasteiger partial charge in [-0.2, -0.15) is 15.4 Å². The van der Waals surface area contributed by atoms with E-state index < -0.39 is 8.07 Å². The molecule has 1 aliphatic rings. The molecule has 2 aromatic carbocycles. The topological polar surface area (TPSA) is 44.8 Å². The lowest BCUT2D eigenvalue weighted by Crippen LogP contribution is -2.47. The van der Waals surface area contributed by atoms with Gasteiger partial charge in [0.25, 0.3) is 0 Å². The molecule has 5 heteroatoms. The molecule has 158 valence electrons. The van der Waals surface area contributed by atoms with Crippen molar-refractivity contribution in [1.82, 2.24) is 20.3 Å². The standard InChI is InChI=1S/C25H34N4Si/c1-19-17-29(18-20-10-7-6-8-11-20)15-14-25(19,2)22-13-9-12-21(16-22)23-24(27-28-26-23)30(3,4)5/h6-13,16,19H,14-15,17-18H2,1-5H3,(H,26,27,28). The molecule has 0 amide bonds. The van der Waals surface area contributed by atoms with E-state index in [2.05, 4.69) is 108 Å². The van der Waals surface area contributed by atoms with Crippen molar-refractivity contribution in [3.05, 3.63) is 65.7 Å². The number of rotatable bonds is 5. The third-order valence-electron chi connectivity index (χ3n) is 6.87. The number of H-pyrrole nitrogens is 1. The summed E-state index contributed by atoms with van der Waals surface area (Å²) < 4.78 is 0. The molecule has 0 bridgehead atoms. The van der Waals surface area contributed by atoms with Gasteiger partial charge in [-0.15, -0.1) is 0 Å². The summed E-state index contributed by atoms with van der Waals surface area (Å²) in [7, 11) is -1.56. The number of hydrogen-bond acceptors (Lipinski definition) is 3. The minimum absolute atomic E-state index is 0.173. The number of hydrogen-bond donors (Lipinski definition) is 1. The second-order valence-electron chi connectivity index (χ2n) is 10.1. The van der Waals surface area contributed by atoms with E-state index >= 15 is 0 Å². The normalized spacial score (nSPS) is 22.9. The molecule has 2 unspecified atom stereocenters. The van der Waals surface area contributed by atoms with Crippen LogP contribution in [0.4, 0.5) is 0 Å². The first-order chi connectivity index (χ1) is 14.3. The zero-order chi connectivity index (χ0) is 21.4. The Labute approximate surface area is 181 Å². The molecule has 0 radical (unpaired) electrons. The zero-order valence-corrected chi connectivity index (χ0v) is 19.9. The van der Waals surface area contributed by atoms with Gasteiger partial charge in [0.2, 0.25) is 0 Å². The molecule has 2 atom stereocenters. The van der Waals surface area contributed by atoms with Gasteiger partial charge in [-0.3, -0.25) is 4.90 Å². The summed E-state index contributed by atoms with van der Waals surface area (Å²) in [5, 5.41) is 13.1. The van der Waals surface area contributed by atoms with Gasteiger partial charge in [-0.1, -0.05) is 82.0 Å². The molecule has 1 N–H and O–H groups in total. The second-order valence-corrected chi connectivity index (χ2v) is 15.1. The minimum atomic E-state index is -1.56. The average molecular weight is 419 g/mol. The predicted molar refractivity (Wildman–Crippen MR) is 128 cm³/mol. The second kappa shape index (κ2) is 8.12. The molecule has 1 aromatic heterocycles. The Balaban J connectivity index is 1.56. The maximum absolute atomic E-state index is 4.53. The third kappa shape index (κ3) is 4.14. The van der Waals surface area contributed by atoms with Crippen LogP contribution in [0.2, 0.25) is 19.6 Å².